The number of amides is 1. The van der Waals surface area contributed by atoms with Gasteiger partial charge in [0.2, 0.25) is 10.0 Å². The summed E-state index contributed by atoms with van der Waals surface area (Å²) in [6, 6.07) is 8.09. The van der Waals surface area contributed by atoms with Crippen LogP contribution in [0, 0.1) is 11.3 Å². The van der Waals surface area contributed by atoms with Crippen LogP contribution in [-0.4, -0.2) is 41.0 Å². The molecule has 0 spiro atoms. The number of hydrogen-bond acceptors (Lipinski definition) is 5. The highest BCUT2D eigenvalue weighted by molar-refractivity contribution is 7.92. The molecule has 0 saturated heterocycles. The van der Waals surface area contributed by atoms with Crippen molar-refractivity contribution in [2.45, 2.75) is 0 Å². The lowest BCUT2D eigenvalue weighted by Crippen LogP contribution is -2.38. The minimum atomic E-state index is -3.48. The molecule has 7 nitrogen and oxygen atoms in total. The molecule has 0 saturated carbocycles. The second kappa shape index (κ2) is 6.77. The molecule has 1 amide bonds. The maximum absolute atomic E-state index is 11.7. The van der Waals surface area contributed by atoms with Crippen LogP contribution in [0.3, 0.4) is 0 Å². The largest absolute Gasteiger partial charge is 0.453 e. The van der Waals surface area contributed by atoms with Gasteiger partial charge < -0.3 is 10.1 Å². The highest BCUT2D eigenvalue weighted by Crippen LogP contribution is 2.17. The standard InChI is InChI=1S/C12H15N3O4S/c1-19-12(16)14-7-8-15(20(2,17)18)11-5-3-10(9-13)4-6-11/h3-6H,7-8H2,1-2H3,(H,14,16). The number of rotatable bonds is 5. The Kier molecular flexibility index (Phi) is 5.34. The van der Waals surface area contributed by atoms with Gasteiger partial charge in [0.25, 0.3) is 0 Å². The number of nitrogens with zero attached hydrogens (tertiary/aromatic N) is 2. The molecule has 1 rings (SSSR count). The zero-order valence-electron chi connectivity index (χ0n) is 11.2. The molecule has 1 aromatic rings. The number of carbonyl (C=O) groups is 1. The van der Waals surface area contributed by atoms with Gasteiger partial charge in [0, 0.05) is 6.54 Å². The van der Waals surface area contributed by atoms with Gasteiger partial charge in [-0.2, -0.15) is 5.26 Å². The lowest BCUT2D eigenvalue weighted by molar-refractivity contribution is 0.171. The summed E-state index contributed by atoms with van der Waals surface area (Å²) in [5.74, 6) is 0. The van der Waals surface area contributed by atoms with E-state index in [4.69, 9.17) is 5.26 Å². The molecule has 0 heterocycles. The third-order valence-corrected chi connectivity index (χ3v) is 3.65. The van der Waals surface area contributed by atoms with E-state index in [1.54, 1.807) is 0 Å². The van der Waals surface area contributed by atoms with E-state index in [9.17, 15) is 13.2 Å². The monoisotopic (exact) mass is 297 g/mol. The molecule has 0 atom stereocenters. The maximum Gasteiger partial charge on any atom is 0.406 e. The summed E-state index contributed by atoms with van der Waals surface area (Å²) in [4.78, 5) is 10.9. The first-order valence-electron chi connectivity index (χ1n) is 5.68. The summed E-state index contributed by atoms with van der Waals surface area (Å²) in [7, 11) is -2.26. The van der Waals surface area contributed by atoms with Crippen molar-refractivity contribution in [2.24, 2.45) is 0 Å². The van der Waals surface area contributed by atoms with E-state index in [1.807, 2.05) is 6.07 Å². The van der Waals surface area contributed by atoms with Crippen LogP contribution in [0.1, 0.15) is 5.56 Å². The van der Waals surface area contributed by atoms with Gasteiger partial charge in [-0.25, -0.2) is 13.2 Å². The third-order valence-electron chi connectivity index (χ3n) is 2.45. The summed E-state index contributed by atoms with van der Waals surface area (Å²) in [6.07, 6.45) is 0.446. The molecule has 1 N–H and O–H groups in total. The van der Waals surface area contributed by atoms with Crippen molar-refractivity contribution in [3.05, 3.63) is 29.8 Å². The fourth-order valence-electron chi connectivity index (χ4n) is 1.52. The Bertz CT molecular complexity index is 605. The number of alkyl carbamates (subject to hydrolysis) is 1. The molecule has 0 aliphatic carbocycles. The summed E-state index contributed by atoms with van der Waals surface area (Å²) < 4.78 is 29.0. The van der Waals surface area contributed by atoms with Crippen molar-refractivity contribution in [3.8, 4) is 6.07 Å². The van der Waals surface area contributed by atoms with E-state index in [0.29, 0.717) is 11.3 Å². The van der Waals surface area contributed by atoms with Gasteiger partial charge in [-0.1, -0.05) is 0 Å². The molecule has 0 aliphatic heterocycles. The van der Waals surface area contributed by atoms with Crippen LogP contribution in [0.2, 0.25) is 0 Å². The highest BCUT2D eigenvalue weighted by Gasteiger charge is 2.17. The molecule has 20 heavy (non-hydrogen) atoms. The summed E-state index contributed by atoms with van der Waals surface area (Å²) in [5, 5.41) is 11.1. The Morgan fingerprint density at radius 3 is 2.45 bits per heavy atom. The molecular formula is C12H15N3O4S. The number of methoxy groups -OCH3 is 1. The number of carbonyl (C=O) groups excluding carboxylic acids is 1. The molecule has 0 aliphatic rings. The lowest BCUT2D eigenvalue weighted by atomic mass is 10.2. The first-order valence-corrected chi connectivity index (χ1v) is 7.53. The van der Waals surface area contributed by atoms with Crippen molar-refractivity contribution < 1.29 is 17.9 Å². The van der Waals surface area contributed by atoms with Crippen LogP contribution in [0.4, 0.5) is 10.5 Å². The molecular weight excluding hydrogens is 282 g/mol. The van der Waals surface area contributed by atoms with E-state index in [0.717, 1.165) is 10.6 Å². The van der Waals surface area contributed by atoms with Gasteiger partial charge >= 0.3 is 6.09 Å². The Morgan fingerprint density at radius 2 is 2.00 bits per heavy atom. The van der Waals surface area contributed by atoms with E-state index in [2.05, 4.69) is 10.1 Å². The quantitative estimate of drug-likeness (QED) is 0.861. The van der Waals surface area contributed by atoms with Gasteiger partial charge in [0.1, 0.15) is 0 Å². The summed E-state index contributed by atoms with van der Waals surface area (Å²) in [6.45, 7) is 0.180. The van der Waals surface area contributed by atoms with Crippen molar-refractivity contribution in [3.63, 3.8) is 0 Å². The molecule has 0 fully saturated rings. The third kappa shape index (κ3) is 4.44. The first kappa shape index (κ1) is 15.8. The average molecular weight is 297 g/mol. The number of benzene rings is 1. The van der Waals surface area contributed by atoms with Gasteiger partial charge in [-0.3, -0.25) is 4.31 Å². The minimum Gasteiger partial charge on any atom is -0.453 e. The zero-order chi connectivity index (χ0) is 15.2. The molecule has 0 bridgehead atoms. The maximum atomic E-state index is 11.7. The second-order valence-electron chi connectivity index (χ2n) is 3.91. The van der Waals surface area contributed by atoms with Crippen LogP contribution in [0.15, 0.2) is 24.3 Å². The van der Waals surface area contributed by atoms with Crippen LogP contribution < -0.4 is 9.62 Å². The predicted octanol–water partition coefficient (Wildman–Crippen LogP) is 0.680. The number of ether oxygens (including phenoxy) is 1. The van der Waals surface area contributed by atoms with E-state index >= 15 is 0 Å². The first-order chi connectivity index (χ1) is 9.38. The fraction of sp³-hybridized carbons (Fsp3) is 0.333. The molecule has 108 valence electrons. The number of nitrogens with one attached hydrogen (secondary N) is 1. The summed E-state index contributed by atoms with van der Waals surface area (Å²) in [5.41, 5.74) is 0.869. The Hall–Kier alpha value is -2.27. The molecule has 8 heteroatoms. The predicted molar refractivity (Wildman–Crippen MR) is 73.8 cm³/mol. The molecule has 1 aromatic carbocycles. The molecule has 0 aromatic heterocycles. The van der Waals surface area contributed by atoms with Crippen LogP contribution in [0.5, 0.6) is 0 Å². The van der Waals surface area contributed by atoms with Gasteiger partial charge in [-0.15, -0.1) is 0 Å². The topological polar surface area (TPSA) is 99.5 Å². The van der Waals surface area contributed by atoms with Crippen molar-refractivity contribution in [1.29, 1.82) is 5.26 Å². The van der Waals surface area contributed by atoms with Crippen LogP contribution >= 0.6 is 0 Å². The Morgan fingerprint density at radius 1 is 1.40 bits per heavy atom. The van der Waals surface area contributed by atoms with Gasteiger partial charge in [0.05, 0.1) is 37.2 Å². The number of nitriles is 1. The highest BCUT2D eigenvalue weighted by atomic mass is 32.2. The van der Waals surface area contributed by atoms with Crippen LogP contribution in [0.25, 0.3) is 0 Å². The molecule has 0 unspecified atom stereocenters. The fourth-order valence-corrected chi connectivity index (χ4v) is 2.45. The Balaban J connectivity index is 2.85. The number of anilines is 1. The smallest absolute Gasteiger partial charge is 0.406 e. The summed E-state index contributed by atoms with van der Waals surface area (Å²) >= 11 is 0. The lowest BCUT2D eigenvalue weighted by Gasteiger charge is -2.22. The Labute approximate surface area is 117 Å². The van der Waals surface area contributed by atoms with E-state index < -0.39 is 16.1 Å². The minimum absolute atomic E-state index is 0.0693. The van der Waals surface area contributed by atoms with E-state index in [-0.39, 0.29) is 13.1 Å². The van der Waals surface area contributed by atoms with Crippen molar-refractivity contribution >= 4 is 21.8 Å². The van der Waals surface area contributed by atoms with E-state index in [1.165, 1.54) is 31.4 Å². The van der Waals surface area contributed by atoms with Crippen molar-refractivity contribution in [2.75, 3.05) is 30.8 Å². The SMILES string of the molecule is COC(=O)NCCN(c1ccc(C#N)cc1)S(C)(=O)=O. The van der Waals surface area contributed by atoms with Gasteiger partial charge in [0.15, 0.2) is 0 Å². The zero-order valence-corrected chi connectivity index (χ0v) is 12.0. The van der Waals surface area contributed by atoms with Gasteiger partial charge in [-0.05, 0) is 24.3 Å². The van der Waals surface area contributed by atoms with Crippen LogP contribution in [-0.2, 0) is 14.8 Å². The van der Waals surface area contributed by atoms with Crippen molar-refractivity contribution in [1.82, 2.24) is 5.32 Å². The molecule has 0 radical (unpaired) electrons. The number of hydrogen-bond donors (Lipinski definition) is 1. The number of sulfonamides is 1. The average Bonchev–Trinajstić information content (AvgIpc) is 2.42. The second-order valence-corrected chi connectivity index (χ2v) is 5.82. The normalized spacial score (nSPS) is 10.4.